The number of hydrogen-bond donors (Lipinski definition) is 2. The van der Waals surface area contributed by atoms with Gasteiger partial charge in [-0.15, -0.1) is 0 Å². The SMILES string of the molecule is COc1cc(C(=O)N2C[C@H]3CC[C@@H]2[C@@H]3N)cc2nc(-c3cc4cccc(CCCC(=O)O)c4n3CC3CC3)n(C)c12. The van der Waals surface area contributed by atoms with Crippen LogP contribution in [-0.2, 0) is 24.8 Å². The van der Waals surface area contributed by atoms with Crippen LogP contribution in [0.15, 0.2) is 36.4 Å². The molecule has 3 atom stereocenters. The van der Waals surface area contributed by atoms with Crippen LogP contribution in [0.4, 0.5) is 0 Å². The van der Waals surface area contributed by atoms with E-state index in [0.29, 0.717) is 42.5 Å². The van der Waals surface area contributed by atoms with E-state index in [1.165, 1.54) is 12.8 Å². The van der Waals surface area contributed by atoms with Gasteiger partial charge < -0.3 is 29.6 Å². The van der Waals surface area contributed by atoms with Gasteiger partial charge >= 0.3 is 5.97 Å². The van der Waals surface area contributed by atoms with Gasteiger partial charge in [0.2, 0.25) is 0 Å². The predicted octanol–water partition coefficient (Wildman–Crippen LogP) is 4.58. The zero-order valence-corrected chi connectivity index (χ0v) is 23.7. The second-order valence-corrected chi connectivity index (χ2v) is 12.2. The Morgan fingerprint density at radius 1 is 1.12 bits per heavy atom. The van der Waals surface area contributed by atoms with Crippen molar-refractivity contribution in [2.24, 2.45) is 24.6 Å². The molecule has 0 unspecified atom stereocenters. The highest BCUT2D eigenvalue weighted by atomic mass is 16.5. The summed E-state index contributed by atoms with van der Waals surface area (Å²) >= 11 is 0. The number of aliphatic carboxylic acids is 1. The van der Waals surface area contributed by atoms with Gasteiger partial charge in [0.15, 0.2) is 5.82 Å². The van der Waals surface area contributed by atoms with Crippen molar-refractivity contribution in [1.82, 2.24) is 19.0 Å². The van der Waals surface area contributed by atoms with E-state index in [-0.39, 0.29) is 24.4 Å². The molecule has 0 spiro atoms. The van der Waals surface area contributed by atoms with Crippen LogP contribution in [0, 0.1) is 11.8 Å². The lowest BCUT2D eigenvalue weighted by molar-refractivity contribution is -0.137. The van der Waals surface area contributed by atoms with Crippen molar-refractivity contribution in [3.8, 4) is 17.3 Å². The Kier molecular flexibility index (Phi) is 6.30. The van der Waals surface area contributed by atoms with Crippen molar-refractivity contribution in [2.75, 3.05) is 13.7 Å². The van der Waals surface area contributed by atoms with E-state index in [1.807, 2.05) is 24.1 Å². The number of hydrogen-bond acceptors (Lipinski definition) is 5. The quantitative estimate of drug-likeness (QED) is 0.312. The van der Waals surface area contributed by atoms with E-state index in [0.717, 1.165) is 58.4 Å². The standard InChI is InChI=1S/C32H37N5O4/c1-35-30-23(13-22(15-26(30)41-2)32(40)37-17-21-11-12-24(37)28(21)33)34-31(35)25-14-20-7-3-5-19(6-4-8-27(38)39)29(20)36(25)16-18-9-10-18/h3,5,7,13-15,18,21,24,28H,4,6,8-12,16-17,33H2,1-2H3,(H,38,39)/t21-,24-,28-/m1/s1. The number of para-hydroxylation sites is 1. The van der Waals surface area contributed by atoms with Crippen LogP contribution in [-0.4, -0.2) is 61.7 Å². The molecule has 4 aromatic rings. The average Bonchev–Trinajstić information content (AvgIpc) is 3.34. The van der Waals surface area contributed by atoms with E-state index in [4.69, 9.17) is 15.5 Å². The highest BCUT2D eigenvalue weighted by molar-refractivity contribution is 6.00. The second kappa shape index (κ2) is 9.91. The molecule has 9 heteroatoms. The van der Waals surface area contributed by atoms with Gasteiger partial charge in [0.05, 0.1) is 23.8 Å². The number of carboxylic acid groups (broad SMARTS) is 1. The zero-order valence-electron chi connectivity index (χ0n) is 23.7. The molecule has 2 bridgehead atoms. The number of methoxy groups -OCH3 is 1. The molecule has 0 radical (unpaired) electrons. The first-order valence-electron chi connectivity index (χ1n) is 14.8. The number of aryl methyl sites for hydroxylation is 2. The largest absolute Gasteiger partial charge is 0.494 e. The van der Waals surface area contributed by atoms with Crippen molar-refractivity contribution in [3.05, 3.63) is 47.5 Å². The molecular formula is C32H37N5O4. The van der Waals surface area contributed by atoms with Crippen LogP contribution >= 0.6 is 0 Å². The molecule has 2 saturated carbocycles. The second-order valence-electron chi connectivity index (χ2n) is 12.2. The highest BCUT2D eigenvalue weighted by Crippen LogP contribution is 2.40. The van der Waals surface area contributed by atoms with Gasteiger partial charge in [0.25, 0.3) is 5.91 Å². The number of rotatable bonds is 9. The fourth-order valence-corrected chi connectivity index (χ4v) is 7.23. The molecule has 2 aliphatic carbocycles. The van der Waals surface area contributed by atoms with Gasteiger partial charge in [0.1, 0.15) is 11.3 Å². The molecule has 2 aromatic carbocycles. The molecule has 214 valence electrons. The van der Waals surface area contributed by atoms with Crippen molar-refractivity contribution < 1.29 is 19.4 Å². The van der Waals surface area contributed by atoms with Gasteiger partial charge in [-0.25, -0.2) is 4.98 Å². The van der Waals surface area contributed by atoms with E-state index in [9.17, 15) is 14.7 Å². The van der Waals surface area contributed by atoms with Crippen LogP contribution < -0.4 is 10.5 Å². The lowest BCUT2D eigenvalue weighted by Gasteiger charge is -2.27. The van der Waals surface area contributed by atoms with Crippen LogP contribution in [0.1, 0.15) is 54.4 Å². The maximum atomic E-state index is 13.7. The summed E-state index contributed by atoms with van der Waals surface area (Å²) in [6.07, 6.45) is 5.95. The van der Waals surface area contributed by atoms with Crippen molar-refractivity contribution in [1.29, 1.82) is 0 Å². The van der Waals surface area contributed by atoms with Crippen LogP contribution in [0.3, 0.4) is 0 Å². The van der Waals surface area contributed by atoms with Crippen molar-refractivity contribution >= 4 is 33.8 Å². The lowest BCUT2D eigenvalue weighted by Crippen LogP contribution is -2.41. The smallest absolute Gasteiger partial charge is 0.303 e. The van der Waals surface area contributed by atoms with Gasteiger partial charge in [-0.05, 0) is 74.1 Å². The Bertz CT molecular complexity index is 1680. The molecule has 1 amide bonds. The first-order valence-corrected chi connectivity index (χ1v) is 14.8. The number of nitrogens with zero attached hydrogens (tertiary/aromatic N) is 4. The Morgan fingerprint density at radius 3 is 2.63 bits per heavy atom. The maximum Gasteiger partial charge on any atom is 0.303 e. The molecule has 3 fully saturated rings. The molecule has 3 aliphatic rings. The molecular weight excluding hydrogens is 518 g/mol. The van der Waals surface area contributed by atoms with E-state index in [2.05, 4.69) is 33.4 Å². The Balaban J connectivity index is 1.32. The van der Waals surface area contributed by atoms with Gasteiger partial charge in [-0.1, -0.05) is 18.2 Å². The number of amides is 1. The number of aromatic nitrogens is 3. The summed E-state index contributed by atoms with van der Waals surface area (Å²) in [6, 6.07) is 12.4. The van der Waals surface area contributed by atoms with Crippen LogP contribution in [0.2, 0.25) is 0 Å². The Morgan fingerprint density at radius 2 is 1.95 bits per heavy atom. The monoisotopic (exact) mass is 555 g/mol. The first-order chi connectivity index (χ1) is 19.8. The maximum absolute atomic E-state index is 13.7. The number of ether oxygens (including phenoxy) is 1. The number of fused-ring (bicyclic) bond motifs is 4. The summed E-state index contributed by atoms with van der Waals surface area (Å²) in [4.78, 5) is 31.9. The molecule has 2 aromatic heterocycles. The fraction of sp³-hybridized carbons (Fsp3) is 0.469. The third-order valence-corrected chi connectivity index (χ3v) is 9.52. The topological polar surface area (TPSA) is 116 Å². The summed E-state index contributed by atoms with van der Waals surface area (Å²) in [5.74, 6) is 1.69. The first kappa shape index (κ1) is 26.1. The minimum Gasteiger partial charge on any atom is -0.494 e. The molecule has 3 N–H and O–H groups in total. The van der Waals surface area contributed by atoms with Crippen molar-refractivity contribution in [2.45, 2.75) is 63.6 Å². The fourth-order valence-electron chi connectivity index (χ4n) is 7.23. The lowest BCUT2D eigenvalue weighted by atomic mass is 10.1. The minimum atomic E-state index is -0.766. The molecule has 41 heavy (non-hydrogen) atoms. The van der Waals surface area contributed by atoms with Crippen LogP contribution in [0.5, 0.6) is 5.75 Å². The summed E-state index contributed by atoms with van der Waals surface area (Å²) in [5.41, 5.74) is 11.9. The summed E-state index contributed by atoms with van der Waals surface area (Å²) in [7, 11) is 3.64. The van der Waals surface area contributed by atoms with Gasteiger partial charge in [-0.2, -0.15) is 0 Å². The highest BCUT2D eigenvalue weighted by Gasteiger charge is 2.47. The number of carbonyl (C=O) groups excluding carboxylic acids is 1. The van der Waals surface area contributed by atoms with Gasteiger partial charge in [-0.3, -0.25) is 9.59 Å². The number of nitrogens with two attached hydrogens (primary N) is 1. The predicted molar refractivity (Wildman–Crippen MR) is 157 cm³/mol. The zero-order chi connectivity index (χ0) is 28.4. The van der Waals surface area contributed by atoms with Gasteiger partial charge in [0, 0.05) is 49.6 Å². The number of carbonyl (C=O) groups is 2. The number of carboxylic acids is 1. The number of benzene rings is 2. The summed E-state index contributed by atoms with van der Waals surface area (Å²) < 4.78 is 10.3. The molecule has 1 aliphatic heterocycles. The van der Waals surface area contributed by atoms with Crippen LogP contribution in [0.25, 0.3) is 33.5 Å². The number of imidazole rings is 1. The van der Waals surface area contributed by atoms with E-state index < -0.39 is 5.97 Å². The Hall–Kier alpha value is -3.85. The third-order valence-electron chi connectivity index (χ3n) is 9.52. The minimum absolute atomic E-state index is 0.00565. The van der Waals surface area contributed by atoms with E-state index >= 15 is 0 Å². The molecule has 7 rings (SSSR count). The number of likely N-dealkylation sites (tertiary alicyclic amines) is 1. The molecule has 3 heterocycles. The summed E-state index contributed by atoms with van der Waals surface area (Å²) in [6.45, 7) is 1.62. The molecule has 1 saturated heterocycles. The van der Waals surface area contributed by atoms with Crippen molar-refractivity contribution in [3.63, 3.8) is 0 Å². The third kappa shape index (κ3) is 4.38. The van der Waals surface area contributed by atoms with E-state index in [1.54, 1.807) is 7.11 Å². The molecule has 9 nitrogen and oxygen atoms in total. The summed E-state index contributed by atoms with van der Waals surface area (Å²) in [5, 5.41) is 10.3. The normalized spacial score (nSPS) is 21.8. The average molecular weight is 556 g/mol. The number of piperidine rings is 1. The Labute approximate surface area is 238 Å².